The second-order valence-corrected chi connectivity index (χ2v) is 6.82. The Bertz CT molecular complexity index is 970. The van der Waals surface area contributed by atoms with Gasteiger partial charge in [-0.2, -0.15) is 0 Å². The maximum atomic E-state index is 12.6. The third-order valence-corrected chi connectivity index (χ3v) is 5.04. The maximum Gasteiger partial charge on any atom is 0.252 e. The lowest BCUT2D eigenvalue weighted by Gasteiger charge is -2.19. The summed E-state index contributed by atoms with van der Waals surface area (Å²) in [5, 5.41) is 2.98. The summed E-state index contributed by atoms with van der Waals surface area (Å²) in [6.45, 7) is 1.48. The Morgan fingerprint density at radius 3 is 2.79 bits per heavy atom. The number of rotatable bonds is 6. The number of nitrogens with one attached hydrogen (secondary N) is 1. The molecule has 0 saturated carbocycles. The van der Waals surface area contributed by atoms with E-state index in [0.29, 0.717) is 12.1 Å². The summed E-state index contributed by atoms with van der Waals surface area (Å²) in [5.41, 5.74) is 5.21. The molecule has 0 saturated heterocycles. The maximum absolute atomic E-state index is 12.6. The van der Waals surface area contributed by atoms with E-state index in [1.54, 1.807) is 13.3 Å². The van der Waals surface area contributed by atoms with Crippen LogP contribution in [0.2, 0.25) is 0 Å². The summed E-state index contributed by atoms with van der Waals surface area (Å²) >= 11 is 0. The number of aromatic nitrogens is 1. The SMILES string of the molecule is COc1ccc(CCNC(=O)c2cncc(N3CCc4ccccc43)c2)cc1. The van der Waals surface area contributed by atoms with Crippen molar-refractivity contribution in [1.29, 1.82) is 0 Å². The van der Waals surface area contributed by atoms with Crippen molar-refractivity contribution in [2.75, 3.05) is 25.1 Å². The third-order valence-electron chi connectivity index (χ3n) is 5.04. The number of pyridine rings is 1. The average Bonchev–Trinajstić information content (AvgIpc) is 3.18. The van der Waals surface area contributed by atoms with Crippen LogP contribution in [0.25, 0.3) is 0 Å². The second-order valence-electron chi connectivity index (χ2n) is 6.82. The van der Waals surface area contributed by atoms with Gasteiger partial charge in [-0.05, 0) is 48.2 Å². The summed E-state index contributed by atoms with van der Waals surface area (Å²) in [6.07, 6.45) is 5.21. The Kier molecular flexibility index (Phi) is 5.24. The van der Waals surface area contributed by atoms with Crippen LogP contribution in [-0.2, 0) is 12.8 Å². The van der Waals surface area contributed by atoms with Crippen molar-refractivity contribution >= 4 is 17.3 Å². The van der Waals surface area contributed by atoms with E-state index in [-0.39, 0.29) is 5.91 Å². The molecule has 0 radical (unpaired) electrons. The van der Waals surface area contributed by atoms with Crippen LogP contribution in [0.5, 0.6) is 5.75 Å². The Morgan fingerprint density at radius 2 is 1.96 bits per heavy atom. The molecule has 0 unspecified atom stereocenters. The van der Waals surface area contributed by atoms with E-state index in [4.69, 9.17) is 4.74 Å². The molecule has 0 bridgehead atoms. The van der Waals surface area contributed by atoms with E-state index in [9.17, 15) is 4.79 Å². The lowest BCUT2D eigenvalue weighted by molar-refractivity contribution is 0.0954. The van der Waals surface area contributed by atoms with Crippen LogP contribution in [0.3, 0.4) is 0 Å². The highest BCUT2D eigenvalue weighted by Gasteiger charge is 2.20. The van der Waals surface area contributed by atoms with Gasteiger partial charge in [0.15, 0.2) is 0 Å². The van der Waals surface area contributed by atoms with Gasteiger partial charge in [0.1, 0.15) is 5.75 Å². The zero-order chi connectivity index (χ0) is 19.3. The molecule has 1 aliphatic heterocycles. The molecule has 1 aromatic heterocycles. The smallest absolute Gasteiger partial charge is 0.252 e. The molecule has 0 spiro atoms. The number of nitrogens with zero attached hydrogens (tertiary/aromatic N) is 2. The van der Waals surface area contributed by atoms with Gasteiger partial charge in [0, 0.05) is 25.0 Å². The zero-order valence-electron chi connectivity index (χ0n) is 15.9. The van der Waals surface area contributed by atoms with E-state index in [1.807, 2.05) is 42.6 Å². The Balaban J connectivity index is 1.39. The van der Waals surface area contributed by atoms with Crippen LogP contribution in [-0.4, -0.2) is 31.1 Å². The highest BCUT2D eigenvalue weighted by Crippen LogP contribution is 2.34. The molecule has 28 heavy (non-hydrogen) atoms. The molecule has 1 amide bonds. The van der Waals surface area contributed by atoms with Crippen LogP contribution in [0.1, 0.15) is 21.5 Å². The number of anilines is 2. The van der Waals surface area contributed by atoms with Crippen molar-refractivity contribution < 1.29 is 9.53 Å². The molecular formula is C23H23N3O2. The molecule has 5 nitrogen and oxygen atoms in total. The van der Waals surface area contributed by atoms with Gasteiger partial charge in [-0.3, -0.25) is 9.78 Å². The number of ether oxygens (including phenoxy) is 1. The van der Waals surface area contributed by atoms with Gasteiger partial charge >= 0.3 is 0 Å². The van der Waals surface area contributed by atoms with Gasteiger partial charge in [0.2, 0.25) is 0 Å². The molecule has 5 heteroatoms. The predicted octanol–water partition coefficient (Wildman–Crippen LogP) is 3.76. The predicted molar refractivity (Wildman–Crippen MR) is 110 cm³/mol. The first-order valence-corrected chi connectivity index (χ1v) is 9.46. The molecule has 3 aromatic rings. The van der Waals surface area contributed by atoms with Crippen LogP contribution >= 0.6 is 0 Å². The first kappa shape index (κ1) is 18.0. The van der Waals surface area contributed by atoms with Crippen LogP contribution in [0.15, 0.2) is 67.0 Å². The average molecular weight is 373 g/mol. The second kappa shape index (κ2) is 8.13. The van der Waals surface area contributed by atoms with Gasteiger partial charge < -0.3 is 15.0 Å². The van der Waals surface area contributed by atoms with Crippen molar-refractivity contribution in [2.45, 2.75) is 12.8 Å². The third kappa shape index (κ3) is 3.83. The minimum absolute atomic E-state index is 0.102. The Labute approximate surface area is 165 Å². The summed E-state index contributed by atoms with van der Waals surface area (Å²) in [6, 6.07) is 18.2. The number of para-hydroxylation sites is 1. The number of carbonyl (C=O) groups excluding carboxylic acids is 1. The Morgan fingerprint density at radius 1 is 1.14 bits per heavy atom. The topological polar surface area (TPSA) is 54.5 Å². The fraction of sp³-hybridized carbons (Fsp3) is 0.217. The number of hydrogen-bond donors (Lipinski definition) is 1. The summed E-state index contributed by atoms with van der Waals surface area (Å²) in [5.74, 6) is 0.731. The molecule has 1 aliphatic rings. The molecule has 0 aliphatic carbocycles. The summed E-state index contributed by atoms with van der Waals surface area (Å²) in [7, 11) is 1.65. The van der Waals surface area contributed by atoms with E-state index >= 15 is 0 Å². The van der Waals surface area contributed by atoms with E-state index in [1.165, 1.54) is 11.3 Å². The fourth-order valence-corrected chi connectivity index (χ4v) is 3.52. The quantitative estimate of drug-likeness (QED) is 0.715. The number of hydrogen-bond acceptors (Lipinski definition) is 4. The fourth-order valence-electron chi connectivity index (χ4n) is 3.52. The molecule has 1 N–H and O–H groups in total. The first-order chi connectivity index (χ1) is 13.7. The van der Waals surface area contributed by atoms with E-state index < -0.39 is 0 Å². The molecular weight excluding hydrogens is 350 g/mol. The highest BCUT2D eigenvalue weighted by molar-refractivity contribution is 5.95. The largest absolute Gasteiger partial charge is 0.497 e. The van der Waals surface area contributed by atoms with Gasteiger partial charge in [0.25, 0.3) is 5.91 Å². The molecule has 142 valence electrons. The number of amides is 1. The van der Waals surface area contributed by atoms with Gasteiger partial charge in [-0.15, -0.1) is 0 Å². The number of carbonyl (C=O) groups is 1. The molecule has 4 rings (SSSR count). The van der Waals surface area contributed by atoms with Gasteiger partial charge in [0.05, 0.1) is 24.6 Å². The van der Waals surface area contributed by atoms with Crippen LogP contribution < -0.4 is 15.0 Å². The molecule has 0 atom stereocenters. The number of benzene rings is 2. The molecule has 2 aromatic carbocycles. The Hall–Kier alpha value is -3.34. The van der Waals surface area contributed by atoms with Crippen molar-refractivity contribution in [3.8, 4) is 5.75 Å². The molecule has 2 heterocycles. The van der Waals surface area contributed by atoms with Crippen molar-refractivity contribution in [3.63, 3.8) is 0 Å². The lowest BCUT2D eigenvalue weighted by atomic mass is 10.1. The number of methoxy groups -OCH3 is 1. The van der Waals surface area contributed by atoms with Gasteiger partial charge in [-0.25, -0.2) is 0 Å². The first-order valence-electron chi connectivity index (χ1n) is 9.46. The minimum atomic E-state index is -0.102. The van der Waals surface area contributed by atoms with Crippen molar-refractivity contribution in [3.05, 3.63) is 83.7 Å². The lowest BCUT2D eigenvalue weighted by Crippen LogP contribution is -2.26. The van der Waals surface area contributed by atoms with E-state index in [2.05, 4.69) is 33.4 Å². The molecule has 0 fully saturated rings. The highest BCUT2D eigenvalue weighted by atomic mass is 16.5. The van der Waals surface area contributed by atoms with Crippen LogP contribution in [0, 0.1) is 0 Å². The number of fused-ring (bicyclic) bond motifs is 1. The zero-order valence-corrected chi connectivity index (χ0v) is 15.9. The monoisotopic (exact) mass is 373 g/mol. The summed E-state index contributed by atoms with van der Waals surface area (Å²) < 4.78 is 5.16. The van der Waals surface area contributed by atoms with Crippen molar-refractivity contribution in [1.82, 2.24) is 10.3 Å². The van der Waals surface area contributed by atoms with Crippen LogP contribution in [0.4, 0.5) is 11.4 Å². The van der Waals surface area contributed by atoms with E-state index in [0.717, 1.165) is 36.4 Å². The normalized spacial score (nSPS) is 12.5. The van der Waals surface area contributed by atoms with Crippen molar-refractivity contribution in [2.24, 2.45) is 0 Å². The van der Waals surface area contributed by atoms with Gasteiger partial charge in [-0.1, -0.05) is 30.3 Å². The standard InChI is InChI=1S/C23H23N3O2/c1-28-21-8-6-17(7-9-21)10-12-25-23(27)19-14-20(16-24-15-19)26-13-11-18-4-2-3-5-22(18)26/h2-9,14-16H,10-13H2,1H3,(H,25,27). The minimum Gasteiger partial charge on any atom is -0.497 e. The summed E-state index contributed by atoms with van der Waals surface area (Å²) in [4.78, 5) is 19.1.